The predicted molar refractivity (Wildman–Crippen MR) is 140 cm³/mol. The standard InChI is InChI=1S/C25H17Cl2FN6O2S/c26-19-8-17(15-3-1-14(12-35)2-4-15)23(27)24-18(19)11-33(31-24)34(25-29-5-6-37-25)22(36)9-20-21-7-16(28)10-32(21)13-30-20/h1-6,8,11-13,16H,7,9-10H2/t16-/m1/s1. The highest BCUT2D eigenvalue weighted by Crippen LogP contribution is 2.38. The van der Waals surface area contributed by atoms with Gasteiger partial charge in [-0.15, -0.1) is 16.4 Å². The zero-order chi connectivity index (χ0) is 25.7. The predicted octanol–water partition coefficient (Wildman–Crippen LogP) is 5.41. The Balaban J connectivity index is 1.40. The number of rotatable bonds is 6. The SMILES string of the molecule is O=Cc1ccc(-c2cc(Cl)c3cn(N(C(=O)Cc4ncn5c4C[C@@H](F)C5)c4nccs4)nc3c2Cl)cc1. The molecule has 0 bridgehead atoms. The quantitative estimate of drug-likeness (QED) is 0.262. The molecule has 0 fully saturated rings. The molecule has 8 nitrogen and oxygen atoms in total. The lowest BCUT2D eigenvalue weighted by Crippen LogP contribution is -2.37. The van der Waals surface area contributed by atoms with Crippen molar-refractivity contribution in [2.45, 2.75) is 25.6 Å². The molecule has 1 aliphatic heterocycles. The van der Waals surface area contributed by atoms with Gasteiger partial charge in [-0.2, -0.15) is 9.80 Å². The van der Waals surface area contributed by atoms with Crippen molar-refractivity contribution in [1.29, 1.82) is 0 Å². The second-order valence-corrected chi connectivity index (χ2v) is 10.2. The van der Waals surface area contributed by atoms with Crippen molar-refractivity contribution in [2.24, 2.45) is 0 Å². The van der Waals surface area contributed by atoms with E-state index in [0.29, 0.717) is 42.9 Å². The molecule has 4 heterocycles. The van der Waals surface area contributed by atoms with Gasteiger partial charge in [0.1, 0.15) is 18.0 Å². The minimum absolute atomic E-state index is 0.0549. The fourth-order valence-corrected chi connectivity index (χ4v) is 5.67. The summed E-state index contributed by atoms with van der Waals surface area (Å²) in [7, 11) is 0. The minimum atomic E-state index is -0.980. The van der Waals surface area contributed by atoms with Gasteiger partial charge in [-0.3, -0.25) is 9.59 Å². The zero-order valence-corrected chi connectivity index (χ0v) is 21.3. The summed E-state index contributed by atoms with van der Waals surface area (Å²) in [4.78, 5) is 34.6. The molecular weight excluding hydrogens is 538 g/mol. The van der Waals surface area contributed by atoms with Crippen LogP contribution in [-0.4, -0.2) is 42.8 Å². The highest BCUT2D eigenvalue weighted by atomic mass is 35.5. The highest BCUT2D eigenvalue weighted by Gasteiger charge is 2.29. The van der Waals surface area contributed by atoms with Crippen LogP contribution in [0.2, 0.25) is 10.0 Å². The maximum absolute atomic E-state index is 13.9. The third kappa shape index (κ3) is 4.20. The van der Waals surface area contributed by atoms with Gasteiger partial charge in [0, 0.05) is 40.2 Å². The number of amides is 1. The molecule has 0 radical (unpaired) electrons. The Morgan fingerprint density at radius 3 is 2.78 bits per heavy atom. The van der Waals surface area contributed by atoms with Crippen molar-refractivity contribution < 1.29 is 14.0 Å². The Bertz CT molecular complexity index is 1650. The number of benzene rings is 2. The van der Waals surface area contributed by atoms with Gasteiger partial charge >= 0.3 is 0 Å². The highest BCUT2D eigenvalue weighted by molar-refractivity contribution is 7.13. The van der Waals surface area contributed by atoms with Crippen LogP contribution in [0.1, 0.15) is 21.7 Å². The number of hydrogen-bond donors (Lipinski definition) is 0. The van der Waals surface area contributed by atoms with E-state index in [1.54, 1.807) is 59.0 Å². The van der Waals surface area contributed by atoms with Crippen LogP contribution in [0.4, 0.5) is 9.52 Å². The monoisotopic (exact) mass is 554 g/mol. The first kappa shape index (κ1) is 23.8. The molecule has 1 amide bonds. The molecule has 3 aromatic heterocycles. The number of imidazole rings is 1. The molecule has 1 aliphatic rings. The van der Waals surface area contributed by atoms with Crippen LogP contribution in [0.15, 0.2) is 54.4 Å². The molecule has 1 atom stereocenters. The summed E-state index contributed by atoms with van der Waals surface area (Å²) in [5.74, 6) is -0.344. The molecule has 0 saturated heterocycles. The summed E-state index contributed by atoms with van der Waals surface area (Å²) < 4.78 is 15.6. The second kappa shape index (κ2) is 9.37. The van der Waals surface area contributed by atoms with Crippen LogP contribution < -0.4 is 5.01 Å². The first-order valence-electron chi connectivity index (χ1n) is 11.3. The number of halogens is 3. The van der Waals surface area contributed by atoms with Gasteiger partial charge in [-0.1, -0.05) is 47.5 Å². The van der Waals surface area contributed by atoms with Crippen molar-refractivity contribution in [3.05, 3.63) is 81.4 Å². The molecule has 6 rings (SSSR count). The van der Waals surface area contributed by atoms with Gasteiger partial charge in [0.25, 0.3) is 5.91 Å². The van der Waals surface area contributed by atoms with Crippen molar-refractivity contribution in [1.82, 2.24) is 24.4 Å². The first-order valence-corrected chi connectivity index (χ1v) is 12.9. The summed E-state index contributed by atoms with van der Waals surface area (Å²) in [5, 5.41) is 9.40. The summed E-state index contributed by atoms with van der Waals surface area (Å²) in [5.41, 5.74) is 3.60. The third-order valence-corrected chi connectivity index (χ3v) is 7.68. The van der Waals surface area contributed by atoms with E-state index >= 15 is 0 Å². The number of thiazole rings is 1. The number of hydrogen-bond acceptors (Lipinski definition) is 6. The van der Waals surface area contributed by atoms with E-state index in [9.17, 15) is 14.0 Å². The zero-order valence-electron chi connectivity index (χ0n) is 19.0. The van der Waals surface area contributed by atoms with Gasteiger partial charge in [0.2, 0.25) is 5.13 Å². The summed E-state index contributed by atoms with van der Waals surface area (Å²) in [6.07, 6.45) is 4.74. The van der Waals surface area contributed by atoms with E-state index in [1.165, 1.54) is 21.1 Å². The molecule has 0 unspecified atom stereocenters. The van der Waals surface area contributed by atoms with E-state index in [-0.39, 0.29) is 25.3 Å². The van der Waals surface area contributed by atoms with Gasteiger partial charge in [0.15, 0.2) is 0 Å². The van der Waals surface area contributed by atoms with Crippen molar-refractivity contribution in [3.63, 3.8) is 0 Å². The Kier molecular flexibility index (Phi) is 6.02. The van der Waals surface area contributed by atoms with E-state index in [0.717, 1.165) is 17.5 Å². The lowest BCUT2D eigenvalue weighted by Gasteiger charge is -2.19. The molecule has 37 heavy (non-hydrogen) atoms. The fourth-order valence-electron chi connectivity index (χ4n) is 4.47. The Morgan fingerprint density at radius 1 is 1.24 bits per heavy atom. The van der Waals surface area contributed by atoms with Crippen LogP contribution >= 0.6 is 34.5 Å². The van der Waals surface area contributed by atoms with Gasteiger partial charge in [0.05, 0.1) is 41.2 Å². The molecule has 0 spiro atoms. The van der Waals surface area contributed by atoms with E-state index < -0.39 is 6.17 Å². The molecule has 0 saturated carbocycles. The molecule has 186 valence electrons. The maximum atomic E-state index is 13.9. The van der Waals surface area contributed by atoms with Crippen LogP contribution in [0.25, 0.3) is 22.0 Å². The first-order chi connectivity index (χ1) is 17.9. The number of aldehydes is 1. The van der Waals surface area contributed by atoms with Gasteiger partial charge in [-0.05, 0) is 11.6 Å². The molecular formula is C25H17Cl2FN6O2S. The molecule has 12 heteroatoms. The average molecular weight is 555 g/mol. The summed E-state index contributed by atoms with van der Waals surface area (Å²) in [6.45, 7) is 0.245. The number of anilines is 1. The maximum Gasteiger partial charge on any atom is 0.255 e. The Labute approximate surface area is 223 Å². The molecule has 2 aromatic carbocycles. The van der Waals surface area contributed by atoms with Crippen molar-refractivity contribution in [3.8, 4) is 11.1 Å². The number of carbonyl (C=O) groups is 2. The summed E-state index contributed by atoms with van der Waals surface area (Å²) >= 11 is 14.7. The van der Waals surface area contributed by atoms with Crippen LogP contribution in [-0.2, 0) is 24.2 Å². The largest absolute Gasteiger partial charge is 0.331 e. The van der Waals surface area contributed by atoms with Gasteiger partial charge < -0.3 is 4.57 Å². The molecule has 0 N–H and O–H groups in total. The second-order valence-electron chi connectivity index (χ2n) is 8.56. The number of aromatic nitrogens is 5. The normalized spacial score (nSPS) is 14.7. The van der Waals surface area contributed by atoms with Crippen LogP contribution in [0, 0.1) is 0 Å². The topological polar surface area (TPSA) is 85.9 Å². The van der Waals surface area contributed by atoms with E-state index in [4.69, 9.17) is 23.2 Å². The van der Waals surface area contributed by atoms with E-state index in [1.807, 2.05) is 0 Å². The smallest absolute Gasteiger partial charge is 0.255 e. The number of carbonyl (C=O) groups excluding carboxylic acids is 2. The Hall–Kier alpha value is -3.60. The van der Waals surface area contributed by atoms with Crippen LogP contribution in [0.5, 0.6) is 0 Å². The number of fused-ring (bicyclic) bond motifs is 2. The fraction of sp³-hybridized carbons (Fsp3) is 0.160. The minimum Gasteiger partial charge on any atom is -0.331 e. The average Bonchev–Trinajstić information content (AvgIpc) is 3.69. The Morgan fingerprint density at radius 2 is 2.05 bits per heavy atom. The summed E-state index contributed by atoms with van der Waals surface area (Å²) in [6, 6.07) is 8.67. The number of alkyl halides is 1. The van der Waals surface area contributed by atoms with Crippen molar-refractivity contribution >= 4 is 62.8 Å². The van der Waals surface area contributed by atoms with Crippen molar-refractivity contribution in [2.75, 3.05) is 5.01 Å². The third-order valence-electron chi connectivity index (χ3n) is 6.24. The molecule has 5 aromatic rings. The van der Waals surface area contributed by atoms with Gasteiger partial charge in [-0.25, -0.2) is 14.4 Å². The number of nitrogens with zero attached hydrogens (tertiary/aromatic N) is 6. The molecule has 0 aliphatic carbocycles. The lowest BCUT2D eigenvalue weighted by molar-refractivity contribution is -0.118. The van der Waals surface area contributed by atoms with E-state index in [2.05, 4.69) is 15.1 Å². The lowest BCUT2D eigenvalue weighted by atomic mass is 10.0. The van der Waals surface area contributed by atoms with Crippen LogP contribution in [0.3, 0.4) is 0 Å².